The zero-order valence-corrected chi connectivity index (χ0v) is 19.3. The zero-order chi connectivity index (χ0) is 20.9. The normalized spacial score (nSPS) is 16.8. The lowest BCUT2D eigenvalue weighted by atomic mass is 9.98. The molecule has 1 saturated heterocycles. The molecule has 1 fully saturated rings. The summed E-state index contributed by atoms with van der Waals surface area (Å²) in [6.07, 6.45) is 2.12. The summed E-state index contributed by atoms with van der Waals surface area (Å²) in [7, 11) is 0. The molecule has 4 nitrogen and oxygen atoms in total. The van der Waals surface area contributed by atoms with Crippen molar-refractivity contribution in [3.8, 4) is 11.5 Å². The summed E-state index contributed by atoms with van der Waals surface area (Å²) in [4.78, 5) is 15.1. The van der Waals surface area contributed by atoms with Crippen LogP contribution in [0.2, 0.25) is 0 Å². The van der Waals surface area contributed by atoms with E-state index in [1.165, 1.54) is 29.1 Å². The van der Waals surface area contributed by atoms with E-state index in [1.807, 2.05) is 60.5 Å². The number of ether oxygens (including phenoxy) is 2. The molecule has 6 heteroatoms. The number of hydrogen-bond acceptors (Lipinski definition) is 5. The van der Waals surface area contributed by atoms with E-state index in [4.69, 9.17) is 9.47 Å². The standard InChI is InChI=1S/C24H29NO3S2/c1-3-27-21-14-19-10-11-25(16-20(19)15-22(21)28-4-2)23(26)17-6-8-18(9-7-17)24-29-12-5-13-30-24/h6-9,14-15,24H,3-5,10-13,16H2,1-2H3. The van der Waals surface area contributed by atoms with Crippen LogP contribution in [0.15, 0.2) is 36.4 Å². The summed E-state index contributed by atoms with van der Waals surface area (Å²) >= 11 is 4.01. The van der Waals surface area contributed by atoms with E-state index in [1.54, 1.807) is 0 Å². The fourth-order valence-corrected chi connectivity index (χ4v) is 6.81. The number of fused-ring (bicyclic) bond motifs is 1. The molecule has 2 aromatic carbocycles. The molecule has 0 N–H and O–H groups in total. The van der Waals surface area contributed by atoms with Gasteiger partial charge in [-0.3, -0.25) is 4.79 Å². The monoisotopic (exact) mass is 443 g/mol. The van der Waals surface area contributed by atoms with Gasteiger partial charge in [0.05, 0.1) is 17.8 Å². The van der Waals surface area contributed by atoms with E-state index in [-0.39, 0.29) is 5.91 Å². The minimum absolute atomic E-state index is 0.1000. The predicted molar refractivity (Wildman–Crippen MR) is 126 cm³/mol. The average Bonchev–Trinajstić information content (AvgIpc) is 2.80. The number of thioether (sulfide) groups is 2. The Morgan fingerprint density at radius 1 is 1.00 bits per heavy atom. The molecule has 0 atom stereocenters. The number of benzene rings is 2. The van der Waals surface area contributed by atoms with Gasteiger partial charge in [-0.15, -0.1) is 23.5 Å². The quantitative estimate of drug-likeness (QED) is 0.585. The molecule has 160 valence electrons. The number of carbonyl (C=O) groups excluding carboxylic acids is 1. The third-order valence-corrected chi connectivity index (χ3v) is 8.44. The van der Waals surface area contributed by atoms with Gasteiger partial charge in [0.2, 0.25) is 0 Å². The van der Waals surface area contributed by atoms with E-state index >= 15 is 0 Å². The highest BCUT2D eigenvalue weighted by molar-refractivity contribution is 8.16. The molecule has 0 bridgehead atoms. The second kappa shape index (κ2) is 10.0. The van der Waals surface area contributed by atoms with Crippen LogP contribution in [0.3, 0.4) is 0 Å². The molecule has 4 rings (SSSR count). The third kappa shape index (κ3) is 4.75. The van der Waals surface area contributed by atoms with Crippen LogP contribution in [-0.2, 0) is 13.0 Å². The average molecular weight is 444 g/mol. The predicted octanol–water partition coefficient (Wildman–Crippen LogP) is 5.55. The minimum Gasteiger partial charge on any atom is -0.490 e. The van der Waals surface area contributed by atoms with Crippen LogP contribution in [0, 0.1) is 0 Å². The van der Waals surface area contributed by atoms with Gasteiger partial charge in [-0.25, -0.2) is 0 Å². The number of nitrogens with zero attached hydrogens (tertiary/aromatic N) is 1. The SMILES string of the molecule is CCOc1cc2c(cc1OCC)CN(C(=O)c1ccc(C3SCCCS3)cc1)CC2. The van der Waals surface area contributed by atoms with Gasteiger partial charge in [-0.05, 0) is 79.2 Å². The van der Waals surface area contributed by atoms with Crippen molar-refractivity contribution >= 4 is 29.4 Å². The van der Waals surface area contributed by atoms with Crippen molar-refractivity contribution in [3.63, 3.8) is 0 Å². The van der Waals surface area contributed by atoms with Gasteiger partial charge in [-0.2, -0.15) is 0 Å². The van der Waals surface area contributed by atoms with Crippen molar-refractivity contribution < 1.29 is 14.3 Å². The van der Waals surface area contributed by atoms with Gasteiger partial charge in [-0.1, -0.05) is 12.1 Å². The van der Waals surface area contributed by atoms with Gasteiger partial charge in [0.15, 0.2) is 11.5 Å². The van der Waals surface area contributed by atoms with Crippen LogP contribution >= 0.6 is 23.5 Å². The van der Waals surface area contributed by atoms with E-state index < -0.39 is 0 Å². The molecule has 0 aromatic heterocycles. The Hall–Kier alpha value is -1.79. The first-order chi connectivity index (χ1) is 14.7. The molecule has 2 aliphatic heterocycles. The maximum absolute atomic E-state index is 13.1. The van der Waals surface area contributed by atoms with Crippen molar-refractivity contribution in [2.45, 2.75) is 37.8 Å². The van der Waals surface area contributed by atoms with Gasteiger partial charge in [0, 0.05) is 18.7 Å². The van der Waals surface area contributed by atoms with E-state index in [2.05, 4.69) is 18.2 Å². The molecule has 0 saturated carbocycles. The third-order valence-electron chi connectivity index (χ3n) is 5.42. The van der Waals surface area contributed by atoms with Crippen molar-refractivity contribution in [1.82, 2.24) is 4.90 Å². The Bertz CT molecular complexity index is 879. The van der Waals surface area contributed by atoms with Crippen LogP contribution < -0.4 is 9.47 Å². The highest BCUT2D eigenvalue weighted by atomic mass is 32.2. The number of rotatable bonds is 6. The molecule has 0 spiro atoms. The largest absolute Gasteiger partial charge is 0.490 e. The first-order valence-corrected chi connectivity index (χ1v) is 12.8. The van der Waals surface area contributed by atoms with Gasteiger partial charge in [0.1, 0.15) is 0 Å². The summed E-state index contributed by atoms with van der Waals surface area (Å²) in [6.45, 7) is 6.48. The Kier molecular flexibility index (Phi) is 7.16. The van der Waals surface area contributed by atoms with Crippen LogP contribution in [0.25, 0.3) is 0 Å². The van der Waals surface area contributed by atoms with Crippen LogP contribution in [0.1, 0.15) is 51.9 Å². The fraction of sp³-hybridized carbons (Fsp3) is 0.458. The summed E-state index contributed by atoms with van der Waals surface area (Å²) < 4.78 is 12.0. The maximum Gasteiger partial charge on any atom is 0.254 e. The molecule has 2 aliphatic rings. The number of hydrogen-bond donors (Lipinski definition) is 0. The smallest absolute Gasteiger partial charge is 0.254 e. The Balaban J connectivity index is 1.48. The Morgan fingerprint density at radius 3 is 2.27 bits per heavy atom. The second-order valence-electron chi connectivity index (χ2n) is 7.46. The summed E-state index contributed by atoms with van der Waals surface area (Å²) in [6, 6.07) is 12.4. The molecule has 2 heterocycles. The lowest BCUT2D eigenvalue weighted by molar-refractivity contribution is 0.0734. The van der Waals surface area contributed by atoms with E-state index in [0.717, 1.165) is 35.6 Å². The number of carbonyl (C=O) groups is 1. The lowest BCUT2D eigenvalue weighted by Gasteiger charge is -2.30. The lowest BCUT2D eigenvalue weighted by Crippen LogP contribution is -2.36. The zero-order valence-electron chi connectivity index (χ0n) is 17.7. The van der Waals surface area contributed by atoms with Crippen molar-refractivity contribution in [3.05, 3.63) is 58.7 Å². The van der Waals surface area contributed by atoms with Crippen LogP contribution in [0.4, 0.5) is 0 Å². The maximum atomic E-state index is 13.1. The molecule has 0 radical (unpaired) electrons. The molecule has 2 aromatic rings. The highest BCUT2D eigenvalue weighted by Crippen LogP contribution is 2.43. The first kappa shape index (κ1) is 21.4. The van der Waals surface area contributed by atoms with Crippen molar-refractivity contribution in [1.29, 1.82) is 0 Å². The Labute approximate surface area is 187 Å². The van der Waals surface area contributed by atoms with E-state index in [0.29, 0.717) is 24.3 Å². The topological polar surface area (TPSA) is 38.8 Å². The molecule has 0 aliphatic carbocycles. The first-order valence-electron chi connectivity index (χ1n) is 10.7. The summed E-state index contributed by atoms with van der Waals surface area (Å²) in [5.74, 6) is 4.11. The number of amides is 1. The van der Waals surface area contributed by atoms with Crippen LogP contribution in [0.5, 0.6) is 11.5 Å². The van der Waals surface area contributed by atoms with Crippen LogP contribution in [-0.4, -0.2) is 42.1 Å². The van der Waals surface area contributed by atoms with Gasteiger partial charge in [0.25, 0.3) is 5.91 Å². The summed E-state index contributed by atoms with van der Waals surface area (Å²) in [5.41, 5.74) is 4.47. The fourth-order valence-electron chi connectivity index (χ4n) is 3.92. The minimum atomic E-state index is 0.1000. The molecular formula is C24H29NO3S2. The second-order valence-corrected chi connectivity index (χ2v) is 10.2. The van der Waals surface area contributed by atoms with Gasteiger partial charge < -0.3 is 14.4 Å². The van der Waals surface area contributed by atoms with Crippen molar-refractivity contribution in [2.24, 2.45) is 0 Å². The van der Waals surface area contributed by atoms with Gasteiger partial charge >= 0.3 is 0 Å². The van der Waals surface area contributed by atoms with E-state index in [9.17, 15) is 4.79 Å². The molecule has 30 heavy (non-hydrogen) atoms. The molecule has 1 amide bonds. The highest BCUT2D eigenvalue weighted by Gasteiger charge is 2.24. The summed E-state index contributed by atoms with van der Waals surface area (Å²) in [5, 5.41) is 0. The molecular weight excluding hydrogens is 414 g/mol. The molecule has 0 unspecified atom stereocenters. The Morgan fingerprint density at radius 2 is 1.63 bits per heavy atom. The van der Waals surface area contributed by atoms with Crippen molar-refractivity contribution in [2.75, 3.05) is 31.3 Å².